The van der Waals surface area contributed by atoms with Crippen molar-refractivity contribution in [2.45, 2.75) is 213 Å². The van der Waals surface area contributed by atoms with E-state index in [-0.39, 0.29) is 19.3 Å². The second kappa shape index (κ2) is 58.3. The second-order valence-corrected chi connectivity index (χ2v) is 20.1. The third-order valence-electron chi connectivity index (χ3n) is 11.4. The topological polar surface area (TPSA) is 155 Å². The molecular formula is C66H103O11P. The van der Waals surface area contributed by atoms with Crippen LogP contribution < -0.4 is 0 Å². The molecule has 0 radical (unpaired) electrons. The van der Waals surface area contributed by atoms with E-state index in [1.54, 1.807) is 0 Å². The zero-order valence-corrected chi connectivity index (χ0v) is 49.2. The Morgan fingerprint density at radius 3 is 1.10 bits per heavy atom. The molecule has 0 bridgehead atoms. The van der Waals surface area contributed by atoms with Gasteiger partial charge >= 0.3 is 25.7 Å². The Balaban J connectivity index is 4.98. The van der Waals surface area contributed by atoms with Gasteiger partial charge < -0.3 is 24.2 Å². The number of ether oxygens (including phenoxy) is 3. The fourth-order valence-electron chi connectivity index (χ4n) is 7.05. The summed E-state index contributed by atoms with van der Waals surface area (Å²) in [6.45, 7) is 4.19. The molecule has 11 nitrogen and oxygen atoms in total. The average Bonchev–Trinajstić information content (AvgIpc) is 3.43. The quantitative estimate of drug-likeness (QED) is 0.0197. The van der Waals surface area contributed by atoms with Crippen molar-refractivity contribution in [2.75, 3.05) is 26.4 Å². The summed E-state index contributed by atoms with van der Waals surface area (Å²) >= 11 is 0. The lowest BCUT2D eigenvalue weighted by atomic mass is 10.1. The molecule has 0 aromatic rings. The number of hydrogen-bond donors (Lipinski definition) is 2. The number of unbranched alkanes of at least 4 members (excludes halogenated alkanes) is 9. The number of aliphatic hydroxyl groups is 1. The monoisotopic (exact) mass is 1100 g/mol. The Kier molecular flexibility index (Phi) is 54.6. The first-order valence-corrected chi connectivity index (χ1v) is 30.9. The number of phosphoric acid groups is 1. The zero-order chi connectivity index (χ0) is 56.9. The van der Waals surface area contributed by atoms with Gasteiger partial charge in [0, 0.05) is 19.3 Å². The molecule has 0 aliphatic rings. The number of carbonyl (C=O) groups excluding carboxylic acids is 3. The standard InChI is InChI=1S/C66H103O11P/c1-4-7-10-13-16-19-22-25-27-29-31-33-35-38-40-43-46-49-52-55-64(68)73-59-63(77-66(70)57-54-51-48-45-42-39-36-34-32-30-28-26-23-20-17-14-11-8-5-2)61-75-78(71,72)74-60-62(58-67)76-65(69)56-53-50-47-44-41-37-24-21-18-15-12-9-6-3/h7-8,10-11,16-17,19-21,24-28,31-34,38-40,42,46,48-49,51,62-63,67H,4-6,9,12-15,18,22-23,29-30,35-37,41,43-45,47,50,52-61H2,1-3H3,(H,71,72)/b10-7-,11-8-,19-16-,20-17-,24-21-,27-25-,28-26-,33-31-,34-32-,40-38-,42-39-,49-46-,51-48-. The summed E-state index contributed by atoms with van der Waals surface area (Å²) in [5.41, 5.74) is 0. The molecular weight excluding hydrogens is 1000 g/mol. The molecule has 2 N–H and O–H groups in total. The van der Waals surface area contributed by atoms with Gasteiger partial charge in [-0.05, 0) is 122 Å². The number of hydrogen-bond acceptors (Lipinski definition) is 10. The molecule has 0 fully saturated rings. The number of aliphatic hydroxyl groups excluding tert-OH is 1. The molecule has 0 aromatic carbocycles. The van der Waals surface area contributed by atoms with Crippen LogP contribution in [0.4, 0.5) is 0 Å². The smallest absolute Gasteiger partial charge is 0.462 e. The third-order valence-corrected chi connectivity index (χ3v) is 12.4. The minimum absolute atomic E-state index is 0.0169. The fourth-order valence-corrected chi connectivity index (χ4v) is 7.83. The minimum atomic E-state index is -4.80. The first kappa shape index (κ1) is 73.1. The maximum Gasteiger partial charge on any atom is 0.472 e. The summed E-state index contributed by atoms with van der Waals surface area (Å²) < 4.78 is 39.3. The highest BCUT2D eigenvalue weighted by atomic mass is 31.2. The van der Waals surface area contributed by atoms with Crippen molar-refractivity contribution >= 4 is 25.7 Å². The molecule has 3 unspecified atom stereocenters. The molecule has 12 heteroatoms. The predicted molar refractivity (Wildman–Crippen MR) is 325 cm³/mol. The van der Waals surface area contributed by atoms with Gasteiger partial charge in [0.1, 0.15) is 12.7 Å². The predicted octanol–water partition coefficient (Wildman–Crippen LogP) is 17.7. The summed E-state index contributed by atoms with van der Waals surface area (Å²) in [6, 6.07) is 0. The molecule has 0 aliphatic carbocycles. The molecule has 0 aliphatic heterocycles. The van der Waals surface area contributed by atoms with E-state index < -0.39 is 64.4 Å². The van der Waals surface area contributed by atoms with Crippen LogP contribution in [0.2, 0.25) is 0 Å². The maximum atomic E-state index is 12.9. The number of esters is 3. The highest BCUT2D eigenvalue weighted by Crippen LogP contribution is 2.43. The molecule has 0 amide bonds. The molecule has 0 aromatic heterocycles. The normalized spacial score (nSPS) is 14.5. The summed E-state index contributed by atoms with van der Waals surface area (Å²) in [6.07, 6.45) is 76.6. The largest absolute Gasteiger partial charge is 0.472 e. The average molecular weight is 1100 g/mol. The van der Waals surface area contributed by atoms with E-state index in [1.807, 2.05) is 24.3 Å². The summed E-state index contributed by atoms with van der Waals surface area (Å²) in [5.74, 6) is -1.70. The number of carbonyl (C=O) groups is 3. The van der Waals surface area contributed by atoms with Crippen molar-refractivity contribution in [1.82, 2.24) is 0 Å². The Bertz CT molecular complexity index is 1910. The van der Waals surface area contributed by atoms with E-state index in [0.29, 0.717) is 25.7 Å². The van der Waals surface area contributed by atoms with Crippen molar-refractivity contribution in [1.29, 1.82) is 0 Å². The molecule has 0 spiro atoms. The third kappa shape index (κ3) is 55.8. The lowest BCUT2D eigenvalue weighted by Gasteiger charge is -2.21. The van der Waals surface area contributed by atoms with Gasteiger partial charge in [-0.25, -0.2) is 4.57 Å². The van der Waals surface area contributed by atoms with Gasteiger partial charge in [0.15, 0.2) is 6.10 Å². The van der Waals surface area contributed by atoms with Crippen LogP contribution in [-0.2, 0) is 42.2 Å². The van der Waals surface area contributed by atoms with Gasteiger partial charge in [-0.3, -0.25) is 23.4 Å². The highest BCUT2D eigenvalue weighted by molar-refractivity contribution is 7.47. The van der Waals surface area contributed by atoms with E-state index in [0.717, 1.165) is 109 Å². The maximum absolute atomic E-state index is 12.9. The highest BCUT2D eigenvalue weighted by Gasteiger charge is 2.28. The number of rotatable bonds is 52. The van der Waals surface area contributed by atoms with Crippen molar-refractivity contribution in [3.05, 3.63) is 158 Å². The van der Waals surface area contributed by atoms with E-state index in [4.69, 9.17) is 23.3 Å². The van der Waals surface area contributed by atoms with Crippen LogP contribution in [0.1, 0.15) is 201 Å². The number of allylic oxidation sites excluding steroid dienone is 26. The molecule has 0 saturated heterocycles. The SMILES string of the molecule is CC/C=C\C/C=C\C/C=C\C/C=C\C/C=C\C/C=C\CCC(=O)OCC(COP(=O)(O)OCC(CO)OC(=O)CCCCCCC/C=C\CCCCCC)OC(=O)CC/C=C\C/C=C\C/C=C\C/C=C\C/C=C\C/C=C\CC. The van der Waals surface area contributed by atoms with Crippen LogP contribution >= 0.6 is 7.82 Å². The first-order chi connectivity index (χ1) is 38.2. The molecule has 0 saturated carbocycles. The van der Waals surface area contributed by atoms with E-state index in [1.165, 1.54) is 25.7 Å². The van der Waals surface area contributed by atoms with E-state index in [2.05, 4.69) is 154 Å². The number of phosphoric ester groups is 1. The van der Waals surface area contributed by atoms with Crippen molar-refractivity contribution in [3.63, 3.8) is 0 Å². The molecule has 3 atom stereocenters. The summed E-state index contributed by atoms with van der Waals surface area (Å²) in [7, 11) is -4.80. The lowest BCUT2D eigenvalue weighted by molar-refractivity contribution is -0.161. The van der Waals surface area contributed by atoms with Gasteiger partial charge in [-0.1, -0.05) is 217 Å². The van der Waals surface area contributed by atoms with Gasteiger partial charge in [-0.15, -0.1) is 0 Å². The van der Waals surface area contributed by atoms with Gasteiger partial charge in [0.05, 0.1) is 19.8 Å². The minimum Gasteiger partial charge on any atom is -0.462 e. The van der Waals surface area contributed by atoms with Crippen molar-refractivity contribution in [3.8, 4) is 0 Å². The van der Waals surface area contributed by atoms with Crippen LogP contribution in [0.3, 0.4) is 0 Å². The first-order valence-electron chi connectivity index (χ1n) is 29.4. The lowest BCUT2D eigenvalue weighted by Crippen LogP contribution is -2.30. The summed E-state index contributed by atoms with van der Waals surface area (Å²) in [5, 5.41) is 9.81. The van der Waals surface area contributed by atoms with Gasteiger partial charge in [-0.2, -0.15) is 0 Å². The Hall–Kier alpha value is -4.90. The van der Waals surface area contributed by atoms with E-state index in [9.17, 15) is 28.9 Å². The molecule has 438 valence electrons. The van der Waals surface area contributed by atoms with Crippen LogP contribution in [0.25, 0.3) is 0 Å². The van der Waals surface area contributed by atoms with Crippen LogP contribution in [0.15, 0.2) is 158 Å². The van der Waals surface area contributed by atoms with Gasteiger partial charge in [0.2, 0.25) is 0 Å². The van der Waals surface area contributed by atoms with Crippen molar-refractivity contribution < 1.29 is 52.2 Å². The van der Waals surface area contributed by atoms with E-state index >= 15 is 0 Å². The Morgan fingerprint density at radius 1 is 0.372 bits per heavy atom. The van der Waals surface area contributed by atoms with Crippen LogP contribution in [0.5, 0.6) is 0 Å². The van der Waals surface area contributed by atoms with Crippen LogP contribution in [0, 0.1) is 0 Å². The van der Waals surface area contributed by atoms with Gasteiger partial charge in [0.25, 0.3) is 0 Å². The molecule has 0 heterocycles. The molecule has 0 rings (SSSR count). The van der Waals surface area contributed by atoms with Crippen molar-refractivity contribution in [2.24, 2.45) is 0 Å². The van der Waals surface area contributed by atoms with Crippen LogP contribution in [-0.4, -0.2) is 66.5 Å². The zero-order valence-electron chi connectivity index (χ0n) is 48.3. The Labute approximate surface area is 473 Å². The Morgan fingerprint density at radius 2 is 0.692 bits per heavy atom. The summed E-state index contributed by atoms with van der Waals surface area (Å²) in [4.78, 5) is 48.5. The second-order valence-electron chi connectivity index (χ2n) is 18.7. The molecule has 78 heavy (non-hydrogen) atoms. The fraction of sp³-hybridized carbons (Fsp3) is 0.561.